The quantitative estimate of drug-likeness (QED) is 0.0363. The van der Waals surface area contributed by atoms with Crippen LogP contribution in [0.15, 0.2) is 24.3 Å². The van der Waals surface area contributed by atoms with Gasteiger partial charge in [-0.25, -0.2) is 0 Å². The minimum Gasteiger partial charge on any atom is -0.394 e. The molecule has 0 spiro atoms. The van der Waals surface area contributed by atoms with Gasteiger partial charge in [-0.1, -0.05) is 269 Å². The molecule has 0 aliphatic carbocycles. The van der Waals surface area contributed by atoms with Gasteiger partial charge in [0, 0.05) is 0 Å². The first kappa shape index (κ1) is 57.8. The molecule has 3 atom stereocenters. The van der Waals surface area contributed by atoms with E-state index in [1.54, 1.807) is 6.08 Å². The van der Waals surface area contributed by atoms with E-state index in [0.29, 0.717) is 6.42 Å². The molecule has 3 unspecified atom stereocenters. The van der Waals surface area contributed by atoms with Crippen LogP contribution in [0.5, 0.6) is 0 Å². The zero-order chi connectivity index (χ0) is 43.0. The molecule has 0 aromatic rings. The highest BCUT2D eigenvalue weighted by molar-refractivity contribution is 5.80. The maximum absolute atomic E-state index is 12.5. The van der Waals surface area contributed by atoms with Gasteiger partial charge in [0.25, 0.3) is 0 Å². The molecule has 0 fully saturated rings. The van der Waals surface area contributed by atoms with Crippen molar-refractivity contribution in [2.45, 2.75) is 308 Å². The molecule has 0 aliphatic rings. The van der Waals surface area contributed by atoms with E-state index < -0.39 is 24.2 Å². The maximum atomic E-state index is 12.5. The van der Waals surface area contributed by atoms with Crippen LogP contribution in [0.3, 0.4) is 0 Å². The summed E-state index contributed by atoms with van der Waals surface area (Å²) in [4.78, 5) is 12.5. The summed E-state index contributed by atoms with van der Waals surface area (Å²) in [6.45, 7) is 4.21. The molecule has 0 radical (unpaired) electrons. The van der Waals surface area contributed by atoms with Gasteiger partial charge in [-0.15, -0.1) is 0 Å². The largest absolute Gasteiger partial charge is 0.394 e. The van der Waals surface area contributed by atoms with Crippen LogP contribution >= 0.6 is 0 Å². The number of rotatable bonds is 49. The summed E-state index contributed by atoms with van der Waals surface area (Å²) in [6.07, 6.45) is 62.4. The Kier molecular flexibility index (Phi) is 48.5. The summed E-state index contributed by atoms with van der Waals surface area (Å²) < 4.78 is 0. The molecule has 0 saturated heterocycles. The van der Waals surface area contributed by atoms with Gasteiger partial charge in [-0.05, 0) is 44.9 Å². The van der Waals surface area contributed by atoms with E-state index in [1.165, 1.54) is 238 Å². The highest BCUT2D eigenvalue weighted by atomic mass is 16.3. The number of allylic oxidation sites excluding steroid dienone is 3. The fraction of sp³-hybridized carbons (Fsp3) is 0.907. The number of aliphatic hydroxyl groups is 3. The third-order valence-corrected chi connectivity index (χ3v) is 12.5. The van der Waals surface area contributed by atoms with Crippen LogP contribution in [0.4, 0.5) is 0 Å². The number of unbranched alkanes of at least 4 members (excludes halogenated alkanes) is 39. The second kappa shape index (κ2) is 49.5. The van der Waals surface area contributed by atoms with Crippen molar-refractivity contribution in [2.24, 2.45) is 0 Å². The summed E-state index contributed by atoms with van der Waals surface area (Å²) >= 11 is 0. The van der Waals surface area contributed by atoms with Gasteiger partial charge in [0.15, 0.2) is 0 Å². The minimum absolute atomic E-state index is 0.361. The topological polar surface area (TPSA) is 89.8 Å². The van der Waals surface area contributed by atoms with E-state index in [4.69, 9.17) is 0 Å². The van der Waals surface area contributed by atoms with Crippen LogP contribution in [0.2, 0.25) is 0 Å². The first-order chi connectivity index (χ1) is 29.1. The van der Waals surface area contributed by atoms with E-state index in [9.17, 15) is 20.1 Å². The van der Waals surface area contributed by atoms with Gasteiger partial charge < -0.3 is 20.6 Å². The highest BCUT2D eigenvalue weighted by Crippen LogP contribution is 2.17. The van der Waals surface area contributed by atoms with Crippen molar-refractivity contribution in [3.05, 3.63) is 24.3 Å². The molecule has 0 aromatic carbocycles. The predicted molar refractivity (Wildman–Crippen MR) is 259 cm³/mol. The normalized spacial score (nSPS) is 13.5. The van der Waals surface area contributed by atoms with Crippen LogP contribution < -0.4 is 5.32 Å². The van der Waals surface area contributed by atoms with Crippen molar-refractivity contribution in [1.82, 2.24) is 5.32 Å². The van der Waals surface area contributed by atoms with E-state index >= 15 is 0 Å². The molecule has 1 amide bonds. The fourth-order valence-corrected chi connectivity index (χ4v) is 8.36. The molecule has 0 heterocycles. The molecule has 0 aromatic heterocycles. The average molecular weight is 832 g/mol. The smallest absolute Gasteiger partial charge is 0.249 e. The molecular weight excluding hydrogens is 727 g/mol. The Balaban J connectivity index is 3.58. The third-order valence-electron chi connectivity index (χ3n) is 12.5. The lowest BCUT2D eigenvalue weighted by atomic mass is 10.0. The number of carbonyl (C=O) groups excluding carboxylic acids is 1. The first-order valence-corrected chi connectivity index (χ1v) is 26.7. The van der Waals surface area contributed by atoms with Gasteiger partial charge in [0.1, 0.15) is 6.10 Å². The number of aliphatic hydroxyl groups excluding tert-OH is 3. The van der Waals surface area contributed by atoms with Gasteiger partial charge >= 0.3 is 0 Å². The summed E-state index contributed by atoms with van der Waals surface area (Å²) in [5.41, 5.74) is 0. The van der Waals surface area contributed by atoms with Gasteiger partial charge in [0.2, 0.25) is 5.91 Å². The Morgan fingerprint density at radius 2 is 0.678 bits per heavy atom. The Morgan fingerprint density at radius 3 is 0.983 bits per heavy atom. The molecule has 5 heteroatoms. The van der Waals surface area contributed by atoms with Crippen molar-refractivity contribution in [2.75, 3.05) is 6.61 Å². The van der Waals surface area contributed by atoms with E-state index in [2.05, 4.69) is 31.3 Å². The number of hydrogen-bond donors (Lipinski definition) is 4. The summed E-state index contributed by atoms with van der Waals surface area (Å²) in [5, 5.41) is 33.3. The van der Waals surface area contributed by atoms with Gasteiger partial charge in [-0.2, -0.15) is 0 Å². The van der Waals surface area contributed by atoms with Crippen LogP contribution in [-0.4, -0.2) is 46.1 Å². The second-order valence-electron chi connectivity index (χ2n) is 18.4. The lowest BCUT2D eigenvalue weighted by Gasteiger charge is -2.21. The molecule has 4 N–H and O–H groups in total. The van der Waals surface area contributed by atoms with Gasteiger partial charge in [0.05, 0.1) is 18.8 Å². The number of nitrogens with one attached hydrogen (secondary N) is 1. The summed E-state index contributed by atoms with van der Waals surface area (Å²) in [7, 11) is 0. The molecular formula is C54H105NO4. The van der Waals surface area contributed by atoms with Crippen LogP contribution in [0, 0.1) is 0 Å². The minimum atomic E-state index is -1.10. The fourth-order valence-electron chi connectivity index (χ4n) is 8.36. The molecule has 0 bridgehead atoms. The van der Waals surface area contributed by atoms with Crippen molar-refractivity contribution in [3.63, 3.8) is 0 Å². The van der Waals surface area contributed by atoms with E-state index in [1.807, 2.05) is 6.08 Å². The molecule has 0 rings (SSSR count). The Morgan fingerprint density at radius 1 is 0.407 bits per heavy atom. The molecule has 0 aliphatic heterocycles. The predicted octanol–water partition coefficient (Wildman–Crippen LogP) is 16.1. The Labute approximate surface area is 369 Å². The van der Waals surface area contributed by atoms with Crippen molar-refractivity contribution in [1.29, 1.82) is 0 Å². The number of carbonyl (C=O) groups is 1. The molecule has 0 saturated carbocycles. The molecule has 350 valence electrons. The lowest BCUT2D eigenvalue weighted by molar-refractivity contribution is -0.131. The number of amides is 1. The summed E-state index contributed by atoms with van der Waals surface area (Å²) in [6, 6.07) is -0.797. The molecule has 59 heavy (non-hydrogen) atoms. The standard InChI is InChI=1S/C54H105NO4/c1-3-5-7-9-11-13-15-17-19-21-23-24-25-26-27-28-29-31-33-35-37-39-41-43-45-47-49-53(58)54(59)55-51(50-56)52(57)48-46-44-42-40-38-36-34-32-30-22-20-18-16-14-12-10-8-6-4-2/h26-27,46,48,51-53,56-58H,3-25,28-45,47,49-50H2,1-2H3,(H,55,59)/b27-26-,48-46+. The zero-order valence-electron chi connectivity index (χ0n) is 39.9. The second-order valence-corrected chi connectivity index (χ2v) is 18.4. The van der Waals surface area contributed by atoms with E-state index in [-0.39, 0.29) is 6.61 Å². The Bertz CT molecular complexity index is 874. The van der Waals surface area contributed by atoms with Crippen molar-refractivity contribution in [3.8, 4) is 0 Å². The van der Waals surface area contributed by atoms with Crippen molar-refractivity contribution >= 4 is 5.91 Å². The van der Waals surface area contributed by atoms with Crippen LogP contribution in [0.1, 0.15) is 290 Å². The lowest BCUT2D eigenvalue weighted by Crippen LogP contribution is -2.48. The average Bonchev–Trinajstić information content (AvgIpc) is 3.24. The highest BCUT2D eigenvalue weighted by Gasteiger charge is 2.22. The van der Waals surface area contributed by atoms with Crippen LogP contribution in [0.25, 0.3) is 0 Å². The SMILES string of the molecule is CCCCCCCCCCCCCC/C=C\CCCCCCCCCCCCC(O)C(=O)NC(CO)C(O)/C=C/CCCCCCCCCCCCCCCCCCC. The summed E-state index contributed by atoms with van der Waals surface area (Å²) in [5.74, 6) is -0.500. The molecule has 5 nitrogen and oxygen atoms in total. The monoisotopic (exact) mass is 832 g/mol. The zero-order valence-corrected chi connectivity index (χ0v) is 39.9. The first-order valence-electron chi connectivity index (χ1n) is 26.7. The van der Waals surface area contributed by atoms with Crippen molar-refractivity contribution < 1.29 is 20.1 Å². The number of hydrogen-bond acceptors (Lipinski definition) is 4. The van der Waals surface area contributed by atoms with Crippen LogP contribution in [-0.2, 0) is 4.79 Å². The van der Waals surface area contributed by atoms with E-state index in [0.717, 1.165) is 32.1 Å². The third kappa shape index (κ3) is 44.7. The Hall–Kier alpha value is -1.17. The maximum Gasteiger partial charge on any atom is 0.249 e. The van der Waals surface area contributed by atoms with Gasteiger partial charge in [-0.3, -0.25) is 4.79 Å².